The molecule has 5 heteroatoms. The van der Waals surface area contributed by atoms with E-state index in [0.29, 0.717) is 11.8 Å². The summed E-state index contributed by atoms with van der Waals surface area (Å²) in [4.78, 5) is 4.58. The zero-order chi connectivity index (χ0) is 16.0. The van der Waals surface area contributed by atoms with Gasteiger partial charge in [0, 0.05) is 11.8 Å². The van der Waals surface area contributed by atoms with Gasteiger partial charge in [0.25, 0.3) is 5.89 Å². The molecular weight excluding hydrogens is 288 g/mol. The van der Waals surface area contributed by atoms with Gasteiger partial charge in [-0.3, -0.25) is 4.40 Å². The van der Waals surface area contributed by atoms with E-state index in [4.69, 9.17) is 4.42 Å². The first-order chi connectivity index (χ1) is 11.1. The van der Waals surface area contributed by atoms with Gasteiger partial charge in [-0.1, -0.05) is 17.7 Å². The molecule has 3 aromatic heterocycles. The number of aryl methyl sites for hydroxylation is 3. The summed E-state index contributed by atoms with van der Waals surface area (Å²) in [6.45, 7) is 6.04. The van der Waals surface area contributed by atoms with Crippen LogP contribution in [0.5, 0.6) is 0 Å². The summed E-state index contributed by atoms with van der Waals surface area (Å²) >= 11 is 0. The van der Waals surface area contributed by atoms with Gasteiger partial charge in [0.15, 0.2) is 0 Å². The number of benzene rings is 1. The molecule has 4 rings (SSSR count). The summed E-state index contributed by atoms with van der Waals surface area (Å²) < 4.78 is 7.89. The second-order valence-corrected chi connectivity index (χ2v) is 5.76. The van der Waals surface area contributed by atoms with Crippen LogP contribution < -0.4 is 0 Å². The molecular formula is C18H16N4O. The maximum Gasteiger partial charge on any atom is 0.266 e. The van der Waals surface area contributed by atoms with E-state index in [-0.39, 0.29) is 0 Å². The number of pyridine rings is 1. The van der Waals surface area contributed by atoms with Crippen LogP contribution in [0.3, 0.4) is 0 Å². The first kappa shape index (κ1) is 13.7. The van der Waals surface area contributed by atoms with E-state index in [1.807, 2.05) is 67.8 Å². The number of fused-ring (bicyclic) bond motifs is 1. The molecule has 0 aliphatic heterocycles. The monoisotopic (exact) mass is 304 g/mol. The molecule has 0 saturated carbocycles. The summed E-state index contributed by atoms with van der Waals surface area (Å²) in [6, 6.07) is 12.1. The van der Waals surface area contributed by atoms with Crippen LogP contribution in [0, 0.1) is 20.8 Å². The molecule has 1 aromatic carbocycles. The van der Waals surface area contributed by atoms with Gasteiger partial charge in [-0.25, -0.2) is 4.98 Å². The molecule has 5 nitrogen and oxygen atoms in total. The van der Waals surface area contributed by atoms with Crippen molar-refractivity contribution in [3.8, 4) is 23.0 Å². The highest BCUT2D eigenvalue weighted by atomic mass is 16.4. The van der Waals surface area contributed by atoms with Crippen LogP contribution in [-0.4, -0.2) is 19.6 Å². The number of aromatic nitrogens is 4. The highest BCUT2D eigenvalue weighted by molar-refractivity contribution is 5.62. The molecule has 23 heavy (non-hydrogen) atoms. The van der Waals surface area contributed by atoms with Crippen molar-refractivity contribution in [2.45, 2.75) is 20.8 Å². The van der Waals surface area contributed by atoms with E-state index >= 15 is 0 Å². The minimum atomic E-state index is 0.482. The zero-order valence-electron chi connectivity index (χ0n) is 13.2. The third kappa shape index (κ3) is 2.30. The smallest absolute Gasteiger partial charge is 0.266 e. The molecule has 0 aliphatic carbocycles. The van der Waals surface area contributed by atoms with Crippen LogP contribution in [-0.2, 0) is 0 Å². The quantitative estimate of drug-likeness (QED) is 0.562. The van der Waals surface area contributed by atoms with Crippen LogP contribution in [0.15, 0.2) is 47.0 Å². The van der Waals surface area contributed by atoms with E-state index in [9.17, 15) is 0 Å². The first-order valence-electron chi connectivity index (χ1n) is 7.48. The van der Waals surface area contributed by atoms with Gasteiger partial charge in [0.2, 0.25) is 5.89 Å². The Morgan fingerprint density at radius 1 is 0.913 bits per heavy atom. The van der Waals surface area contributed by atoms with Gasteiger partial charge < -0.3 is 4.42 Å². The molecule has 0 saturated heterocycles. The third-order valence-corrected chi connectivity index (χ3v) is 3.85. The van der Waals surface area contributed by atoms with Crippen molar-refractivity contribution in [3.63, 3.8) is 0 Å². The molecule has 0 amide bonds. The summed E-state index contributed by atoms with van der Waals surface area (Å²) in [5, 5.41) is 8.41. The van der Waals surface area contributed by atoms with Crippen molar-refractivity contribution in [2.75, 3.05) is 0 Å². The topological polar surface area (TPSA) is 56.2 Å². The van der Waals surface area contributed by atoms with E-state index in [1.165, 1.54) is 5.56 Å². The van der Waals surface area contributed by atoms with Crippen LogP contribution in [0.4, 0.5) is 0 Å². The average molecular weight is 304 g/mol. The maximum absolute atomic E-state index is 5.91. The molecule has 0 atom stereocenters. The van der Waals surface area contributed by atoms with Gasteiger partial charge in [-0.15, -0.1) is 10.2 Å². The summed E-state index contributed by atoms with van der Waals surface area (Å²) in [5.41, 5.74) is 5.84. The van der Waals surface area contributed by atoms with Gasteiger partial charge >= 0.3 is 0 Å². The Balaban J connectivity index is 1.85. The van der Waals surface area contributed by atoms with Crippen LogP contribution in [0.25, 0.3) is 28.7 Å². The van der Waals surface area contributed by atoms with Crippen LogP contribution in [0.1, 0.15) is 16.8 Å². The minimum Gasteiger partial charge on any atom is -0.415 e. The van der Waals surface area contributed by atoms with Gasteiger partial charge in [-0.05, 0) is 50.6 Å². The number of imidazole rings is 1. The second-order valence-electron chi connectivity index (χ2n) is 5.76. The fraction of sp³-hybridized carbons (Fsp3) is 0.167. The number of rotatable bonds is 2. The predicted molar refractivity (Wildman–Crippen MR) is 88.1 cm³/mol. The van der Waals surface area contributed by atoms with E-state index < -0.39 is 0 Å². The molecule has 3 heterocycles. The summed E-state index contributed by atoms with van der Waals surface area (Å²) in [5.74, 6) is 1.00. The lowest BCUT2D eigenvalue weighted by molar-refractivity contribution is 0.581. The number of hydrogen-bond acceptors (Lipinski definition) is 4. The Morgan fingerprint density at radius 2 is 1.70 bits per heavy atom. The van der Waals surface area contributed by atoms with Crippen molar-refractivity contribution in [1.82, 2.24) is 19.6 Å². The molecule has 0 radical (unpaired) electrons. The third-order valence-electron chi connectivity index (χ3n) is 3.85. The highest BCUT2D eigenvalue weighted by Gasteiger charge is 2.18. The maximum atomic E-state index is 5.91. The second kappa shape index (κ2) is 5.05. The molecule has 4 aromatic rings. The van der Waals surface area contributed by atoms with Crippen molar-refractivity contribution < 1.29 is 4.42 Å². The van der Waals surface area contributed by atoms with Crippen molar-refractivity contribution in [1.29, 1.82) is 0 Å². The Labute approximate surface area is 133 Å². The number of hydrogen-bond donors (Lipinski definition) is 0. The van der Waals surface area contributed by atoms with E-state index in [1.54, 1.807) is 0 Å². The Kier molecular flexibility index (Phi) is 3.01. The predicted octanol–water partition coefficient (Wildman–Crippen LogP) is 3.98. The van der Waals surface area contributed by atoms with Crippen molar-refractivity contribution in [2.24, 2.45) is 0 Å². The van der Waals surface area contributed by atoms with Gasteiger partial charge in [-0.2, -0.15) is 0 Å². The summed E-state index contributed by atoms with van der Waals surface area (Å²) in [7, 11) is 0. The van der Waals surface area contributed by atoms with Crippen LogP contribution in [0.2, 0.25) is 0 Å². The zero-order valence-corrected chi connectivity index (χ0v) is 13.2. The molecule has 0 bridgehead atoms. The largest absolute Gasteiger partial charge is 0.415 e. The average Bonchev–Trinajstić information content (AvgIpc) is 3.10. The normalized spacial score (nSPS) is 11.3. The number of nitrogens with zero attached hydrogens (tertiary/aromatic N) is 4. The SMILES string of the molecule is Cc1cccc(-c2nnc(-c3c(C)nc4cc(C)ccn34)o2)c1. The molecule has 0 aliphatic rings. The molecule has 0 spiro atoms. The fourth-order valence-corrected chi connectivity index (χ4v) is 2.74. The van der Waals surface area contributed by atoms with Crippen molar-refractivity contribution in [3.05, 3.63) is 59.4 Å². The van der Waals surface area contributed by atoms with E-state index in [2.05, 4.69) is 15.2 Å². The molecule has 114 valence electrons. The molecule has 0 fully saturated rings. The van der Waals surface area contributed by atoms with Gasteiger partial charge in [0.1, 0.15) is 11.3 Å². The molecule has 0 N–H and O–H groups in total. The lowest BCUT2D eigenvalue weighted by Gasteiger charge is -1.99. The minimum absolute atomic E-state index is 0.482. The standard InChI is InChI=1S/C18H16N4O/c1-11-5-4-6-14(9-11)17-20-21-18(23-17)16-13(3)19-15-10-12(2)7-8-22(15)16/h4-10H,1-3H3. The van der Waals surface area contributed by atoms with Crippen LogP contribution >= 0.6 is 0 Å². The summed E-state index contributed by atoms with van der Waals surface area (Å²) in [6.07, 6.45) is 1.98. The Morgan fingerprint density at radius 3 is 2.52 bits per heavy atom. The molecule has 0 unspecified atom stereocenters. The fourth-order valence-electron chi connectivity index (χ4n) is 2.74. The lowest BCUT2D eigenvalue weighted by atomic mass is 10.1. The Hall–Kier alpha value is -2.95. The van der Waals surface area contributed by atoms with E-state index in [0.717, 1.165) is 28.2 Å². The van der Waals surface area contributed by atoms with Crippen molar-refractivity contribution >= 4 is 5.65 Å². The van der Waals surface area contributed by atoms with Gasteiger partial charge in [0.05, 0.1) is 5.69 Å². The first-order valence-corrected chi connectivity index (χ1v) is 7.48. The lowest BCUT2D eigenvalue weighted by Crippen LogP contribution is -1.89. The highest BCUT2D eigenvalue weighted by Crippen LogP contribution is 2.27. The Bertz CT molecular complexity index is 1010.